The first-order chi connectivity index (χ1) is 9.19. The third-order valence-electron chi connectivity index (χ3n) is 2.38. The third-order valence-corrected chi connectivity index (χ3v) is 4.40. The quantitative estimate of drug-likeness (QED) is 0.764. The van der Waals surface area contributed by atoms with Crippen LogP contribution in [0.4, 0.5) is 0 Å². The standard InChI is InChI=1S/C12H14N2O3S2/c1-8(6-11(15)16-2)19-7-10-13-12(14-17-10)9-4-3-5-18-9/h3-5,8H,6-7H2,1-2H3. The highest BCUT2D eigenvalue weighted by Crippen LogP contribution is 2.24. The molecular weight excluding hydrogens is 284 g/mol. The molecule has 2 rings (SSSR count). The van der Waals surface area contributed by atoms with Gasteiger partial charge in [-0.25, -0.2) is 0 Å². The lowest BCUT2D eigenvalue weighted by atomic mass is 10.3. The second kappa shape index (κ2) is 6.72. The molecule has 0 bridgehead atoms. The average molecular weight is 298 g/mol. The van der Waals surface area contributed by atoms with Crippen LogP contribution in [0.2, 0.25) is 0 Å². The Labute approximate surface area is 119 Å². The van der Waals surface area contributed by atoms with Gasteiger partial charge in [0.1, 0.15) is 0 Å². The van der Waals surface area contributed by atoms with Crippen LogP contribution in [0, 0.1) is 0 Å². The smallest absolute Gasteiger partial charge is 0.306 e. The Morgan fingerprint density at radius 2 is 2.47 bits per heavy atom. The number of methoxy groups -OCH3 is 1. The molecule has 0 fully saturated rings. The number of carbonyl (C=O) groups is 1. The van der Waals surface area contributed by atoms with Crippen molar-refractivity contribution < 1.29 is 14.1 Å². The van der Waals surface area contributed by atoms with Crippen LogP contribution in [0.15, 0.2) is 22.0 Å². The molecule has 0 aliphatic rings. The first-order valence-corrected chi connectivity index (χ1v) is 7.66. The molecule has 0 aliphatic heterocycles. The summed E-state index contributed by atoms with van der Waals surface area (Å²) in [6.07, 6.45) is 0.382. The summed E-state index contributed by atoms with van der Waals surface area (Å²) < 4.78 is 9.80. The molecule has 0 spiro atoms. The summed E-state index contributed by atoms with van der Waals surface area (Å²) in [7, 11) is 1.39. The Kier molecular flexibility index (Phi) is 4.98. The van der Waals surface area contributed by atoms with Gasteiger partial charge in [0.15, 0.2) is 0 Å². The maximum absolute atomic E-state index is 11.1. The van der Waals surface area contributed by atoms with E-state index in [1.807, 2.05) is 24.4 Å². The van der Waals surface area contributed by atoms with Gasteiger partial charge in [0.05, 0.1) is 24.2 Å². The second-order valence-electron chi connectivity index (χ2n) is 3.89. The van der Waals surface area contributed by atoms with Gasteiger partial charge < -0.3 is 9.26 Å². The van der Waals surface area contributed by atoms with Crippen LogP contribution >= 0.6 is 23.1 Å². The minimum Gasteiger partial charge on any atom is -0.469 e. The number of ether oxygens (including phenoxy) is 1. The van der Waals surface area contributed by atoms with Crippen molar-refractivity contribution in [3.05, 3.63) is 23.4 Å². The van der Waals surface area contributed by atoms with Gasteiger partial charge in [0, 0.05) is 5.25 Å². The van der Waals surface area contributed by atoms with Crippen LogP contribution < -0.4 is 0 Å². The SMILES string of the molecule is COC(=O)CC(C)SCc1nc(-c2cccs2)no1. The minimum absolute atomic E-state index is 0.157. The van der Waals surface area contributed by atoms with Gasteiger partial charge in [-0.15, -0.1) is 23.1 Å². The van der Waals surface area contributed by atoms with Crippen molar-refractivity contribution in [2.75, 3.05) is 7.11 Å². The first kappa shape index (κ1) is 14.1. The zero-order valence-corrected chi connectivity index (χ0v) is 12.3. The summed E-state index contributed by atoms with van der Waals surface area (Å²) in [4.78, 5) is 16.4. The van der Waals surface area contributed by atoms with Crippen LogP contribution in [0.3, 0.4) is 0 Å². The lowest BCUT2D eigenvalue weighted by Gasteiger charge is -2.07. The molecule has 5 nitrogen and oxygen atoms in total. The number of thioether (sulfide) groups is 1. The summed E-state index contributed by atoms with van der Waals surface area (Å²) >= 11 is 3.16. The maximum Gasteiger partial charge on any atom is 0.306 e. The number of aromatic nitrogens is 2. The van der Waals surface area contributed by atoms with Crippen molar-refractivity contribution >= 4 is 29.1 Å². The molecule has 1 atom stereocenters. The molecule has 102 valence electrons. The molecule has 19 heavy (non-hydrogen) atoms. The van der Waals surface area contributed by atoms with Crippen molar-refractivity contribution in [3.8, 4) is 10.7 Å². The molecule has 0 amide bonds. The van der Waals surface area contributed by atoms with Gasteiger partial charge in [0.2, 0.25) is 11.7 Å². The van der Waals surface area contributed by atoms with Crippen molar-refractivity contribution in [3.63, 3.8) is 0 Å². The Balaban J connectivity index is 1.85. The van der Waals surface area contributed by atoms with Crippen LogP contribution in [0.1, 0.15) is 19.2 Å². The number of thiophene rings is 1. The predicted molar refractivity (Wildman–Crippen MR) is 75.0 cm³/mol. The fraction of sp³-hybridized carbons (Fsp3) is 0.417. The van der Waals surface area contributed by atoms with E-state index in [-0.39, 0.29) is 11.2 Å². The van der Waals surface area contributed by atoms with E-state index in [1.54, 1.807) is 23.1 Å². The molecule has 2 heterocycles. The van der Waals surface area contributed by atoms with Crippen molar-refractivity contribution in [1.82, 2.24) is 10.1 Å². The second-order valence-corrected chi connectivity index (χ2v) is 6.27. The molecule has 7 heteroatoms. The maximum atomic E-state index is 11.1. The lowest BCUT2D eigenvalue weighted by Crippen LogP contribution is -2.08. The molecule has 2 aromatic heterocycles. The van der Waals surface area contributed by atoms with E-state index >= 15 is 0 Å². The zero-order chi connectivity index (χ0) is 13.7. The van der Waals surface area contributed by atoms with E-state index in [0.29, 0.717) is 23.9 Å². The van der Waals surface area contributed by atoms with E-state index in [1.165, 1.54) is 7.11 Å². The molecule has 0 N–H and O–H groups in total. The lowest BCUT2D eigenvalue weighted by molar-refractivity contribution is -0.140. The largest absolute Gasteiger partial charge is 0.469 e. The highest BCUT2D eigenvalue weighted by molar-refractivity contribution is 7.99. The number of hydrogen-bond acceptors (Lipinski definition) is 7. The molecule has 0 aliphatic carbocycles. The number of hydrogen-bond donors (Lipinski definition) is 0. The summed E-state index contributed by atoms with van der Waals surface area (Å²) in [5.41, 5.74) is 0. The summed E-state index contributed by atoms with van der Waals surface area (Å²) in [5.74, 6) is 1.58. The number of nitrogens with zero attached hydrogens (tertiary/aromatic N) is 2. The van der Waals surface area contributed by atoms with Gasteiger partial charge in [-0.1, -0.05) is 18.1 Å². The van der Waals surface area contributed by atoms with E-state index in [9.17, 15) is 4.79 Å². The van der Waals surface area contributed by atoms with Gasteiger partial charge >= 0.3 is 5.97 Å². The van der Waals surface area contributed by atoms with Crippen LogP contribution in [0.25, 0.3) is 10.7 Å². The normalized spacial score (nSPS) is 12.3. The number of carbonyl (C=O) groups excluding carboxylic acids is 1. The summed E-state index contributed by atoms with van der Waals surface area (Å²) in [5, 5.41) is 6.06. The van der Waals surface area contributed by atoms with Crippen molar-refractivity contribution in [2.24, 2.45) is 0 Å². The number of rotatable bonds is 6. The van der Waals surface area contributed by atoms with E-state index in [2.05, 4.69) is 14.9 Å². The van der Waals surface area contributed by atoms with Gasteiger partial charge in [-0.2, -0.15) is 4.98 Å². The van der Waals surface area contributed by atoms with Gasteiger partial charge in [-0.3, -0.25) is 4.79 Å². The van der Waals surface area contributed by atoms with Crippen molar-refractivity contribution in [1.29, 1.82) is 0 Å². The summed E-state index contributed by atoms with van der Waals surface area (Å²) in [6.45, 7) is 1.97. The molecule has 2 aromatic rings. The van der Waals surface area contributed by atoms with E-state index in [4.69, 9.17) is 4.52 Å². The fourth-order valence-electron chi connectivity index (χ4n) is 1.41. The van der Waals surface area contributed by atoms with Crippen molar-refractivity contribution in [2.45, 2.75) is 24.3 Å². The Hall–Kier alpha value is -1.34. The Morgan fingerprint density at radius 1 is 1.63 bits per heavy atom. The molecule has 0 radical (unpaired) electrons. The Bertz CT molecular complexity index is 525. The van der Waals surface area contributed by atoms with E-state index < -0.39 is 0 Å². The van der Waals surface area contributed by atoms with Crippen LogP contribution in [0.5, 0.6) is 0 Å². The molecule has 0 saturated carbocycles. The topological polar surface area (TPSA) is 65.2 Å². The first-order valence-electron chi connectivity index (χ1n) is 5.74. The highest BCUT2D eigenvalue weighted by Gasteiger charge is 2.13. The van der Waals surface area contributed by atoms with Crippen LogP contribution in [-0.2, 0) is 15.3 Å². The predicted octanol–water partition coefficient (Wildman–Crippen LogP) is 2.98. The van der Waals surface area contributed by atoms with Gasteiger partial charge in [0.25, 0.3) is 0 Å². The number of esters is 1. The van der Waals surface area contributed by atoms with E-state index in [0.717, 1.165) is 4.88 Å². The minimum atomic E-state index is -0.204. The highest BCUT2D eigenvalue weighted by atomic mass is 32.2. The van der Waals surface area contributed by atoms with Crippen LogP contribution in [-0.4, -0.2) is 28.5 Å². The third kappa shape index (κ3) is 4.07. The fourth-order valence-corrected chi connectivity index (χ4v) is 2.86. The average Bonchev–Trinajstić information content (AvgIpc) is 3.06. The Morgan fingerprint density at radius 3 is 3.16 bits per heavy atom. The monoisotopic (exact) mass is 298 g/mol. The molecule has 0 saturated heterocycles. The zero-order valence-electron chi connectivity index (χ0n) is 10.7. The molecule has 1 unspecified atom stereocenters. The summed E-state index contributed by atoms with van der Waals surface area (Å²) in [6, 6.07) is 3.90. The molecule has 0 aromatic carbocycles. The van der Waals surface area contributed by atoms with Gasteiger partial charge in [-0.05, 0) is 11.4 Å². The molecular formula is C12H14N2O3S2.